The Labute approximate surface area is 171 Å². The third-order valence-electron chi connectivity index (χ3n) is 4.59. The Morgan fingerprint density at radius 3 is 2.59 bits per heavy atom. The van der Waals surface area contributed by atoms with Crippen LogP contribution in [0.5, 0.6) is 11.5 Å². The number of nitrogens with zero attached hydrogens (tertiary/aromatic N) is 3. The fourth-order valence-electron chi connectivity index (χ4n) is 3.19. The Hall–Kier alpha value is -3.39. The van der Waals surface area contributed by atoms with Crippen LogP contribution in [0.1, 0.15) is 30.0 Å². The van der Waals surface area contributed by atoms with Crippen LogP contribution in [0.4, 0.5) is 5.69 Å². The van der Waals surface area contributed by atoms with Crippen LogP contribution >= 0.6 is 11.6 Å². The first-order valence-corrected chi connectivity index (χ1v) is 9.36. The second kappa shape index (κ2) is 7.56. The minimum atomic E-state index is -0.466. The number of fused-ring (bicyclic) bond motifs is 2. The van der Waals surface area contributed by atoms with Gasteiger partial charge in [-0.3, -0.25) is 14.9 Å². The SMILES string of the molecule is CC1=Cc2cc3c(cc2C(c2ccc([N+](=O)[O-])cc2)=NN1C(=O)CCCl)OCO3. The van der Waals surface area contributed by atoms with Gasteiger partial charge in [0, 0.05) is 41.3 Å². The van der Waals surface area contributed by atoms with Gasteiger partial charge in [-0.05, 0) is 42.8 Å². The zero-order valence-corrected chi connectivity index (χ0v) is 16.2. The quantitative estimate of drug-likeness (QED) is 0.430. The number of amides is 1. The summed E-state index contributed by atoms with van der Waals surface area (Å²) in [5.41, 5.74) is 3.23. The van der Waals surface area contributed by atoms with E-state index < -0.39 is 4.92 Å². The standard InChI is InChI=1S/C20H16ClN3O5/c1-12-8-14-9-17-18(29-11-28-17)10-16(14)20(22-23(12)19(25)6-7-21)13-2-4-15(5-3-13)24(26)27/h2-5,8-10H,6-7,11H2,1H3. The highest BCUT2D eigenvalue weighted by molar-refractivity contribution is 6.19. The van der Waals surface area contributed by atoms with E-state index in [-0.39, 0.29) is 30.7 Å². The number of non-ortho nitro benzene ring substituents is 1. The van der Waals surface area contributed by atoms with Crippen molar-refractivity contribution in [3.63, 3.8) is 0 Å². The van der Waals surface area contributed by atoms with Gasteiger partial charge in [0.15, 0.2) is 11.5 Å². The molecule has 8 nitrogen and oxygen atoms in total. The van der Waals surface area contributed by atoms with Crippen molar-refractivity contribution >= 4 is 35.0 Å². The molecule has 2 aliphatic rings. The maximum absolute atomic E-state index is 12.6. The maximum atomic E-state index is 12.6. The summed E-state index contributed by atoms with van der Waals surface area (Å²) in [6, 6.07) is 9.66. The first-order valence-electron chi connectivity index (χ1n) is 8.82. The summed E-state index contributed by atoms with van der Waals surface area (Å²) in [4.78, 5) is 23.1. The number of alkyl halides is 1. The average Bonchev–Trinajstić information content (AvgIpc) is 3.10. The van der Waals surface area contributed by atoms with Gasteiger partial charge in [-0.1, -0.05) is 0 Å². The number of hydrogen-bond acceptors (Lipinski definition) is 6. The monoisotopic (exact) mass is 413 g/mol. The lowest BCUT2D eigenvalue weighted by molar-refractivity contribution is -0.384. The van der Waals surface area contributed by atoms with Gasteiger partial charge in [-0.2, -0.15) is 5.10 Å². The molecular weight excluding hydrogens is 398 g/mol. The molecule has 0 unspecified atom stereocenters. The van der Waals surface area contributed by atoms with Gasteiger partial charge < -0.3 is 9.47 Å². The van der Waals surface area contributed by atoms with Crippen LogP contribution in [0.3, 0.4) is 0 Å². The van der Waals surface area contributed by atoms with Crippen LogP contribution in [-0.2, 0) is 4.79 Å². The number of allylic oxidation sites excluding steroid dienone is 1. The number of carbonyl (C=O) groups is 1. The molecule has 2 aromatic carbocycles. The van der Waals surface area contributed by atoms with Crippen molar-refractivity contribution in [1.29, 1.82) is 0 Å². The predicted octanol–water partition coefficient (Wildman–Crippen LogP) is 3.91. The Balaban J connectivity index is 1.89. The molecule has 2 aliphatic heterocycles. The van der Waals surface area contributed by atoms with Crippen LogP contribution < -0.4 is 9.47 Å². The Bertz CT molecular complexity index is 1060. The van der Waals surface area contributed by atoms with Gasteiger partial charge in [0.05, 0.1) is 10.6 Å². The lowest BCUT2D eigenvalue weighted by atomic mass is 9.96. The second-order valence-electron chi connectivity index (χ2n) is 6.48. The lowest BCUT2D eigenvalue weighted by Crippen LogP contribution is -2.25. The van der Waals surface area contributed by atoms with Crippen molar-refractivity contribution in [2.45, 2.75) is 13.3 Å². The maximum Gasteiger partial charge on any atom is 0.269 e. The van der Waals surface area contributed by atoms with Gasteiger partial charge in [0.1, 0.15) is 0 Å². The smallest absolute Gasteiger partial charge is 0.269 e. The van der Waals surface area contributed by atoms with E-state index in [1.54, 1.807) is 25.1 Å². The lowest BCUT2D eigenvalue weighted by Gasteiger charge is -2.17. The van der Waals surface area contributed by atoms with Gasteiger partial charge >= 0.3 is 0 Å². The zero-order chi connectivity index (χ0) is 20.5. The molecule has 0 aliphatic carbocycles. The highest BCUT2D eigenvalue weighted by atomic mass is 35.5. The molecule has 2 heterocycles. The van der Waals surface area contributed by atoms with Crippen molar-refractivity contribution in [2.75, 3.05) is 12.7 Å². The fraction of sp³-hybridized carbons (Fsp3) is 0.200. The highest BCUT2D eigenvalue weighted by Crippen LogP contribution is 2.38. The summed E-state index contributed by atoms with van der Waals surface area (Å²) in [7, 11) is 0. The highest BCUT2D eigenvalue weighted by Gasteiger charge is 2.26. The number of nitro groups is 1. The molecule has 0 saturated heterocycles. The van der Waals surface area contributed by atoms with Crippen molar-refractivity contribution < 1.29 is 19.2 Å². The van der Waals surface area contributed by atoms with Crippen LogP contribution in [-0.4, -0.2) is 34.2 Å². The third kappa shape index (κ3) is 3.54. The van der Waals surface area contributed by atoms with E-state index in [4.69, 9.17) is 21.1 Å². The van der Waals surface area contributed by atoms with Gasteiger partial charge in [0.2, 0.25) is 12.7 Å². The van der Waals surface area contributed by atoms with E-state index in [2.05, 4.69) is 5.10 Å². The molecular formula is C20H16ClN3O5. The Kier molecular flexibility index (Phi) is 4.94. The molecule has 0 radical (unpaired) electrons. The molecule has 0 atom stereocenters. The molecule has 4 rings (SSSR count). The molecule has 0 N–H and O–H groups in total. The predicted molar refractivity (Wildman–Crippen MR) is 107 cm³/mol. The van der Waals surface area contributed by atoms with E-state index in [9.17, 15) is 14.9 Å². The molecule has 29 heavy (non-hydrogen) atoms. The topological polar surface area (TPSA) is 94.3 Å². The molecule has 0 saturated carbocycles. The van der Waals surface area contributed by atoms with Crippen LogP contribution in [0.15, 0.2) is 47.2 Å². The number of carbonyl (C=O) groups excluding carboxylic acids is 1. The van der Waals surface area contributed by atoms with Crippen LogP contribution in [0.2, 0.25) is 0 Å². The minimum absolute atomic E-state index is 0.0294. The number of ether oxygens (including phenoxy) is 2. The zero-order valence-electron chi connectivity index (χ0n) is 15.4. The Morgan fingerprint density at radius 1 is 1.24 bits per heavy atom. The Morgan fingerprint density at radius 2 is 1.93 bits per heavy atom. The normalized spacial score (nSPS) is 14.6. The van der Waals surface area contributed by atoms with Crippen LogP contribution in [0, 0.1) is 10.1 Å². The van der Waals surface area contributed by atoms with E-state index in [0.29, 0.717) is 28.5 Å². The number of hydrazone groups is 1. The molecule has 148 valence electrons. The van der Waals surface area contributed by atoms with Crippen LogP contribution in [0.25, 0.3) is 6.08 Å². The molecule has 0 aromatic heterocycles. The van der Waals surface area contributed by atoms with Gasteiger partial charge in [-0.15, -0.1) is 11.6 Å². The first kappa shape index (κ1) is 18.9. The third-order valence-corrected chi connectivity index (χ3v) is 4.78. The molecule has 0 fully saturated rings. The molecule has 2 aromatic rings. The molecule has 9 heteroatoms. The summed E-state index contributed by atoms with van der Waals surface area (Å²) in [5, 5.41) is 16.9. The number of rotatable bonds is 4. The summed E-state index contributed by atoms with van der Waals surface area (Å²) in [5.74, 6) is 1.11. The van der Waals surface area contributed by atoms with E-state index in [1.807, 2.05) is 12.1 Å². The number of hydrogen-bond donors (Lipinski definition) is 0. The molecule has 0 bridgehead atoms. The van der Waals surface area contributed by atoms with E-state index in [1.165, 1.54) is 17.1 Å². The van der Waals surface area contributed by atoms with Gasteiger partial charge in [-0.25, -0.2) is 5.01 Å². The second-order valence-corrected chi connectivity index (χ2v) is 6.85. The molecule has 1 amide bonds. The fourth-order valence-corrected chi connectivity index (χ4v) is 3.36. The van der Waals surface area contributed by atoms with Crippen molar-refractivity contribution in [2.24, 2.45) is 5.10 Å². The molecule has 0 spiro atoms. The van der Waals surface area contributed by atoms with Gasteiger partial charge in [0.25, 0.3) is 5.69 Å². The first-order chi connectivity index (χ1) is 14.0. The number of nitro benzene ring substituents is 1. The van der Waals surface area contributed by atoms with Crippen molar-refractivity contribution in [3.05, 3.63) is 68.9 Å². The summed E-state index contributed by atoms with van der Waals surface area (Å²) in [6.45, 7) is 1.91. The van der Waals surface area contributed by atoms with E-state index in [0.717, 1.165) is 11.1 Å². The summed E-state index contributed by atoms with van der Waals surface area (Å²) in [6.07, 6.45) is 1.97. The summed E-state index contributed by atoms with van der Waals surface area (Å²) < 4.78 is 11.0. The summed E-state index contributed by atoms with van der Waals surface area (Å²) >= 11 is 5.75. The van der Waals surface area contributed by atoms with Crippen molar-refractivity contribution in [3.8, 4) is 11.5 Å². The largest absolute Gasteiger partial charge is 0.454 e. The number of halogens is 1. The average molecular weight is 414 g/mol. The minimum Gasteiger partial charge on any atom is -0.454 e. The van der Waals surface area contributed by atoms with Crippen molar-refractivity contribution in [1.82, 2.24) is 5.01 Å². The van der Waals surface area contributed by atoms with E-state index >= 15 is 0 Å². The number of benzene rings is 2.